The molecule has 0 spiro atoms. The minimum Gasteiger partial charge on any atom is -0.480 e. The number of likely N-dealkylation sites (tertiary alicyclic amines) is 3. The maximum absolute atomic E-state index is 14.0. The number of rotatable bonds is 9. The first-order chi connectivity index (χ1) is 18.6. The Morgan fingerprint density at radius 3 is 2.23 bits per heavy atom. The Kier molecular flexibility index (Phi) is 10.6. The van der Waals surface area contributed by atoms with Crippen molar-refractivity contribution in [1.82, 2.24) is 24.9 Å². The second-order valence-electron chi connectivity index (χ2n) is 13.4. The Bertz CT molecular complexity index is 936. The molecule has 3 amide bonds. The van der Waals surface area contributed by atoms with Gasteiger partial charge in [0, 0.05) is 32.6 Å². The van der Waals surface area contributed by atoms with E-state index in [1.807, 2.05) is 41.7 Å². The van der Waals surface area contributed by atoms with Crippen molar-refractivity contribution in [2.24, 2.45) is 11.3 Å². The lowest BCUT2D eigenvalue weighted by molar-refractivity contribution is -0.150. The molecule has 0 radical (unpaired) electrons. The molecule has 3 aliphatic heterocycles. The molecular weight excluding hydrogens is 514 g/mol. The normalized spacial score (nSPS) is 28.0. The zero-order valence-electron chi connectivity index (χ0n) is 25.4. The molecule has 228 valence electrons. The lowest BCUT2D eigenvalue weighted by Gasteiger charge is -2.41. The molecule has 0 aromatic rings. The smallest absolute Gasteiger partial charge is 0.326 e. The molecule has 3 saturated heterocycles. The van der Waals surface area contributed by atoms with Gasteiger partial charge in [-0.2, -0.15) is 0 Å². The number of carbonyl (C=O) groups excluding carboxylic acids is 3. The SMILES string of the molecule is CC(C)C(CN1CCCC1C(=O)N1CC(O)CC1C(=O)O)N(C)C(=O)C(NC(=O)C1CCCCN1C)C(C)(C)C. The van der Waals surface area contributed by atoms with Crippen molar-refractivity contribution in [3.8, 4) is 0 Å². The minimum absolute atomic E-state index is 0.0231. The summed E-state index contributed by atoms with van der Waals surface area (Å²) in [5, 5.41) is 22.7. The molecule has 3 fully saturated rings. The lowest BCUT2D eigenvalue weighted by atomic mass is 9.84. The molecular formula is C29H51N5O6. The molecule has 0 aromatic heterocycles. The summed E-state index contributed by atoms with van der Waals surface area (Å²) in [6.45, 7) is 12.0. The molecule has 0 aromatic carbocycles. The largest absolute Gasteiger partial charge is 0.480 e. The number of aliphatic carboxylic acids is 1. The summed E-state index contributed by atoms with van der Waals surface area (Å²) < 4.78 is 0. The number of hydrogen-bond donors (Lipinski definition) is 3. The summed E-state index contributed by atoms with van der Waals surface area (Å²) in [6, 6.07) is -2.68. The molecule has 0 aliphatic carbocycles. The van der Waals surface area contributed by atoms with Crippen LogP contribution in [0.5, 0.6) is 0 Å². The van der Waals surface area contributed by atoms with Crippen LogP contribution in [0.2, 0.25) is 0 Å². The van der Waals surface area contributed by atoms with Gasteiger partial charge in [-0.3, -0.25) is 24.2 Å². The number of likely N-dealkylation sites (N-methyl/N-ethyl adjacent to an activating group) is 2. The van der Waals surface area contributed by atoms with Crippen LogP contribution in [0, 0.1) is 11.3 Å². The summed E-state index contributed by atoms with van der Waals surface area (Å²) in [6.07, 6.45) is 3.43. The van der Waals surface area contributed by atoms with E-state index in [2.05, 4.69) is 15.1 Å². The average molecular weight is 566 g/mol. The van der Waals surface area contributed by atoms with Gasteiger partial charge >= 0.3 is 5.97 Å². The Hall–Kier alpha value is -2.24. The van der Waals surface area contributed by atoms with Gasteiger partial charge in [0.15, 0.2) is 0 Å². The van der Waals surface area contributed by atoms with Gasteiger partial charge < -0.3 is 25.3 Å². The number of nitrogens with zero attached hydrogens (tertiary/aromatic N) is 4. The van der Waals surface area contributed by atoms with Gasteiger partial charge in [0.05, 0.1) is 18.2 Å². The molecule has 6 atom stereocenters. The molecule has 3 aliphatic rings. The zero-order valence-corrected chi connectivity index (χ0v) is 25.4. The van der Waals surface area contributed by atoms with Crippen molar-refractivity contribution in [3.05, 3.63) is 0 Å². The van der Waals surface area contributed by atoms with Crippen molar-refractivity contribution >= 4 is 23.7 Å². The second kappa shape index (κ2) is 13.2. The van der Waals surface area contributed by atoms with E-state index in [0.29, 0.717) is 19.5 Å². The van der Waals surface area contributed by atoms with Crippen LogP contribution in [0.4, 0.5) is 0 Å². The van der Waals surface area contributed by atoms with Gasteiger partial charge in [-0.15, -0.1) is 0 Å². The minimum atomic E-state index is -1.10. The third kappa shape index (κ3) is 7.33. The molecule has 11 heteroatoms. The molecule has 0 saturated carbocycles. The van der Waals surface area contributed by atoms with Gasteiger partial charge in [-0.1, -0.05) is 41.0 Å². The van der Waals surface area contributed by atoms with E-state index < -0.39 is 35.6 Å². The average Bonchev–Trinajstić information content (AvgIpc) is 3.50. The van der Waals surface area contributed by atoms with Crippen molar-refractivity contribution in [1.29, 1.82) is 0 Å². The number of nitrogens with one attached hydrogen (secondary N) is 1. The van der Waals surface area contributed by atoms with Crippen molar-refractivity contribution < 1.29 is 29.4 Å². The number of carboxylic acid groups (broad SMARTS) is 1. The second-order valence-corrected chi connectivity index (χ2v) is 13.4. The third-order valence-electron chi connectivity index (χ3n) is 9.00. The van der Waals surface area contributed by atoms with Crippen molar-refractivity contribution in [2.45, 2.75) is 109 Å². The van der Waals surface area contributed by atoms with Crippen molar-refractivity contribution in [2.75, 3.05) is 40.3 Å². The number of carbonyl (C=O) groups is 4. The van der Waals surface area contributed by atoms with E-state index >= 15 is 0 Å². The maximum Gasteiger partial charge on any atom is 0.326 e. The quantitative estimate of drug-likeness (QED) is 0.377. The van der Waals surface area contributed by atoms with Crippen LogP contribution in [0.25, 0.3) is 0 Å². The molecule has 3 rings (SSSR count). The van der Waals surface area contributed by atoms with Crippen LogP contribution in [-0.4, -0.2) is 130 Å². The van der Waals surface area contributed by atoms with Gasteiger partial charge in [-0.25, -0.2) is 4.79 Å². The van der Waals surface area contributed by atoms with Gasteiger partial charge in [0.25, 0.3) is 0 Å². The first-order valence-corrected chi connectivity index (χ1v) is 14.9. The van der Waals surface area contributed by atoms with E-state index in [9.17, 15) is 29.4 Å². The number of carboxylic acids is 1. The summed E-state index contributed by atoms with van der Waals surface area (Å²) in [5.74, 6) is -1.57. The summed E-state index contributed by atoms with van der Waals surface area (Å²) >= 11 is 0. The number of aliphatic hydroxyl groups is 1. The zero-order chi connectivity index (χ0) is 29.9. The number of amides is 3. The Morgan fingerprint density at radius 1 is 1.00 bits per heavy atom. The first kappa shape index (κ1) is 32.3. The van der Waals surface area contributed by atoms with Crippen LogP contribution in [0.15, 0.2) is 0 Å². The predicted molar refractivity (Wildman–Crippen MR) is 151 cm³/mol. The summed E-state index contributed by atoms with van der Waals surface area (Å²) in [5.41, 5.74) is -0.510. The summed E-state index contributed by atoms with van der Waals surface area (Å²) in [4.78, 5) is 59.7. The highest BCUT2D eigenvalue weighted by Crippen LogP contribution is 2.28. The Balaban J connectivity index is 1.75. The van der Waals surface area contributed by atoms with Crippen LogP contribution in [-0.2, 0) is 19.2 Å². The van der Waals surface area contributed by atoms with E-state index in [1.54, 1.807) is 11.9 Å². The molecule has 0 bridgehead atoms. The first-order valence-electron chi connectivity index (χ1n) is 14.9. The highest BCUT2D eigenvalue weighted by atomic mass is 16.4. The van der Waals surface area contributed by atoms with Crippen molar-refractivity contribution in [3.63, 3.8) is 0 Å². The maximum atomic E-state index is 14.0. The lowest BCUT2D eigenvalue weighted by Crippen LogP contribution is -2.61. The molecule has 3 N–H and O–H groups in total. The number of hydrogen-bond acceptors (Lipinski definition) is 7. The monoisotopic (exact) mass is 565 g/mol. The highest BCUT2D eigenvalue weighted by Gasteiger charge is 2.45. The van der Waals surface area contributed by atoms with Crippen LogP contribution in [0.3, 0.4) is 0 Å². The van der Waals surface area contributed by atoms with Crippen LogP contribution in [0.1, 0.15) is 73.1 Å². The van der Waals surface area contributed by atoms with E-state index in [1.165, 1.54) is 4.90 Å². The van der Waals surface area contributed by atoms with Gasteiger partial charge in [-0.05, 0) is 57.2 Å². The Labute approximate surface area is 239 Å². The number of β-amino-alcohol motifs (C(OH)–C–C–N with tert-alkyl or cyclic N) is 1. The van der Waals surface area contributed by atoms with E-state index in [0.717, 1.165) is 32.2 Å². The predicted octanol–water partition coefficient (Wildman–Crippen LogP) is 0.995. The highest BCUT2D eigenvalue weighted by molar-refractivity contribution is 5.90. The van der Waals surface area contributed by atoms with E-state index in [4.69, 9.17) is 0 Å². The van der Waals surface area contributed by atoms with Gasteiger partial charge in [0.1, 0.15) is 12.1 Å². The topological polar surface area (TPSA) is 134 Å². The molecule has 3 heterocycles. The fourth-order valence-electron chi connectivity index (χ4n) is 6.49. The van der Waals surface area contributed by atoms with Crippen LogP contribution >= 0.6 is 0 Å². The molecule has 11 nitrogen and oxygen atoms in total. The standard InChI is InChI=1S/C29H51N5O6/c1-18(2)23(17-33-14-10-12-21(33)26(37)34-16-19(35)15-22(34)28(39)40)32(7)27(38)24(29(3,4)5)30-25(36)20-11-8-9-13-31(20)6/h18-24,35H,8-17H2,1-7H3,(H,30,36)(H,39,40). The fourth-order valence-corrected chi connectivity index (χ4v) is 6.49. The number of piperidine rings is 1. The van der Waals surface area contributed by atoms with E-state index in [-0.39, 0.29) is 48.7 Å². The number of aliphatic hydroxyl groups excluding tert-OH is 1. The van der Waals surface area contributed by atoms with Crippen LogP contribution < -0.4 is 5.32 Å². The Morgan fingerprint density at radius 2 is 1.65 bits per heavy atom. The third-order valence-corrected chi connectivity index (χ3v) is 9.00. The molecule has 6 unspecified atom stereocenters. The summed E-state index contributed by atoms with van der Waals surface area (Å²) in [7, 11) is 3.72. The fraction of sp³-hybridized carbons (Fsp3) is 0.862. The van der Waals surface area contributed by atoms with Gasteiger partial charge in [0.2, 0.25) is 17.7 Å². The molecule has 40 heavy (non-hydrogen) atoms.